The Morgan fingerprint density at radius 3 is 3.00 bits per heavy atom. The maximum absolute atomic E-state index is 11.0. The summed E-state index contributed by atoms with van der Waals surface area (Å²) in [6.45, 7) is 0. The van der Waals surface area contributed by atoms with Gasteiger partial charge in [0.05, 0.1) is 0 Å². The molecular weight excluding hydrogens is 184 g/mol. The molecule has 0 radical (unpaired) electrons. The molecular formula is C14H14O. The van der Waals surface area contributed by atoms with E-state index in [1.54, 1.807) is 0 Å². The van der Waals surface area contributed by atoms with E-state index >= 15 is 0 Å². The van der Waals surface area contributed by atoms with E-state index in [-0.39, 0.29) is 5.92 Å². The molecule has 0 amide bonds. The minimum absolute atomic E-state index is 0.196. The average Bonchev–Trinajstić information content (AvgIpc) is 2.67. The summed E-state index contributed by atoms with van der Waals surface area (Å²) in [5.41, 5.74) is 5.68. The van der Waals surface area contributed by atoms with Gasteiger partial charge in [-0.2, -0.15) is 0 Å². The van der Waals surface area contributed by atoms with Gasteiger partial charge in [-0.15, -0.1) is 0 Å². The van der Waals surface area contributed by atoms with Crippen molar-refractivity contribution in [3.8, 4) is 0 Å². The van der Waals surface area contributed by atoms with Crippen LogP contribution in [0.3, 0.4) is 0 Å². The topological polar surface area (TPSA) is 17.1 Å². The average molecular weight is 198 g/mol. The summed E-state index contributed by atoms with van der Waals surface area (Å²) in [4.78, 5) is 11.0. The fraction of sp³-hybridized carbons (Fsp3) is 0.357. The van der Waals surface area contributed by atoms with Gasteiger partial charge in [-0.3, -0.25) is 0 Å². The van der Waals surface area contributed by atoms with Crippen LogP contribution in [0.1, 0.15) is 30.4 Å². The summed E-state index contributed by atoms with van der Waals surface area (Å²) in [7, 11) is 0. The van der Waals surface area contributed by atoms with Crippen LogP contribution in [0.25, 0.3) is 5.57 Å². The SMILES string of the molecule is O=CC1CCCC2=C1Cc1ccccc12. The zero-order valence-electron chi connectivity index (χ0n) is 8.70. The number of allylic oxidation sites excluding steroid dienone is 2. The first-order valence-corrected chi connectivity index (χ1v) is 5.65. The van der Waals surface area contributed by atoms with Crippen molar-refractivity contribution in [1.29, 1.82) is 0 Å². The Kier molecular flexibility index (Phi) is 1.98. The molecule has 0 fully saturated rings. The number of hydrogen-bond donors (Lipinski definition) is 0. The molecule has 2 aliphatic rings. The van der Waals surface area contributed by atoms with Gasteiger partial charge < -0.3 is 4.79 Å². The zero-order chi connectivity index (χ0) is 10.3. The van der Waals surface area contributed by atoms with Crippen LogP contribution >= 0.6 is 0 Å². The first-order valence-electron chi connectivity index (χ1n) is 5.65. The molecule has 0 heterocycles. The smallest absolute Gasteiger partial charge is 0.127 e. The quantitative estimate of drug-likeness (QED) is 0.634. The highest BCUT2D eigenvalue weighted by Gasteiger charge is 2.29. The van der Waals surface area contributed by atoms with Crippen LogP contribution in [0.4, 0.5) is 0 Å². The van der Waals surface area contributed by atoms with E-state index < -0.39 is 0 Å². The summed E-state index contributed by atoms with van der Waals surface area (Å²) in [6, 6.07) is 8.58. The monoisotopic (exact) mass is 198 g/mol. The molecule has 1 nitrogen and oxygen atoms in total. The van der Waals surface area contributed by atoms with E-state index in [2.05, 4.69) is 24.3 Å². The molecule has 0 N–H and O–H groups in total. The van der Waals surface area contributed by atoms with Crippen LogP contribution in [0.15, 0.2) is 29.8 Å². The van der Waals surface area contributed by atoms with Gasteiger partial charge >= 0.3 is 0 Å². The van der Waals surface area contributed by atoms with Gasteiger partial charge in [0, 0.05) is 5.92 Å². The van der Waals surface area contributed by atoms with Crippen molar-refractivity contribution in [1.82, 2.24) is 0 Å². The molecule has 0 spiro atoms. The largest absolute Gasteiger partial charge is 0.303 e. The third-order valence-electron chi connectivity index (χ3n) is 3.66. The maximum Gasteiger partial charge on any atom is 0.127 e. The maximum atomic E-state index is 11.0. The molecule has 0 bridgehead atoms. The normalized spacial score (nSPS) is 23.6. The standard InChI is InChI=1S/C14H14O/c15-9-11-5-3-7-13-12-6-2-1-4-10(12)8-14(11)13/h1-2,4,6,9,11H,3,5,7-8H2. The Balaban J connectivity index is 2.10. The number of hydrogen-bond acceptors (Lipinski definition) is 1. The fourth-order valence-electron chi connectivity index (χ4n) is 2.93. The van der Waals surface area contributed by atoms with Gasteiger partial charge in [-0.25, -0.2) is 0 Å². The lowest BCUT2D eigenvalue weighted by Gasteiger charge is -2.20. The molecule has 0 aromatic heterocycles. The van der Waals surface area contributed by atoms with Crippen molar-refractivity contribution in [2.45, 2.75) is 25.7 Å². The Bertz CT molecular complexity index is 442. The highest BCUT2D eigenvalue weighted by Crippen LogP contribution is 2.43. The lowest BCUT2D eigenvalue weighted by atomic mass is 9.84. The van der Waals surface area contributed by atoms with Gasteiger partial charge in [0.25, 0.3) is 0 Å². The molecule has 0 saturated carbocycles. The second-order valence-corrected chi connectivity index (χ2v) is 4.47. The molecule has 1 aromatic carbocycles. The number of rotatable bonds is 1. The summed E-state index contributed by atoms with van der Waals surface area (Å²) in [6.07, 6.45) is 5.53. The van der Waals surface area contributed by atoms with E-state index in [1.807, 2.05) is 0 Å². The zero-order valence-corrected chi connectivity index (χ0v) is 8.70. The van der Waals surface area contributed by atoms with Crippen molar-refractivity contribution < 1.29 is 4.79 Å². The van der Waals surface area contributed by atoms with Crippen molar-refractivity contribution >= 4 is 11.9 Å². The summed E-state index contributed by atoms with van der Waals surface area (Å²) < 4.78 is 0. The third-order valence-corrected chi connectivity index (χ3v) is 3.66. The molecule has 1 aromatic rings. The van der Waals surface area contributed by atoms with Gasteiger partial charge in [-0.1, -0.05) is 29.8 Å². The molecule has 76 valence electrons. The van der Waals surface area contributed by atoms with Crippen LogP contribution < -0.4 is 0 Å². The van der Waals surface area contributed by atoms with E-state index in [4.69, 9.17) is 0 Å². The van der Waals surface area contributed by atoms with Gasteiger partial charge in [0.2, 0.25) is 0 Å². The van der Waals surface area contributed by atoms with E-state index in [0.717, 1.165) is 32.0 Å². The van der Waals surface area contributed by atoms with Gasteiger partial charge in [0.15, 0.2) is 0 Å². The number of carbonyl (C=O) groups excluding carboxylic acids is 1. The van der Waals surface area contributed by atoms with E-state index in [9.17, 15) is 4.79 Å². The lowest BCUT2D eigenvalue weighted by Crippen LogP contribution is -2.11. The molecule has 15 heavy (non-hydrogen) atoms. The number of aldehydes is 1. The lowest BCUT2D eigenvalue weighted by molar-refractivity contribution is -0.110. The second kappa shape index (κ2) is 3.34. The summed E-state index contributed by atoms with van der Waals surface area (Å²) >= 11 is 0. The second-order valence-electron chi connectivity index (χ2n) is 4.47. The Morgan fingerprint density at radius 1 is 1.27 bits per heavy atom. The van der Waals surface area contributed by atoms with Crippen LogP contribution in [0.5, 0.6) is 0 Å². The van der Waals surface area contributed by atoms with Crippen LogP contribution in [-0.2, 0) is 11.2 Å². The third kappa shape index (κ3) is 1.26. The predicted octanol–water partition coefficient (Wildman–Crippen LogP) is 3.00. The molecule has 0 saturated heterocycles. The minimum Gasteiger partial charge on any atom is -0.303 e. The highest BCUT2D eigenvalue weighted by molar-refractivity contribution is 5.81. The highest BCUT2D eigenvalue weighted by atomic mass is 16.1. The van der Waals surface area contributed by atoms with Crippen LogP contribution in [-0.4, -0.2) is 6.29 Å². The summed E-state index contributed by atoms with van der Waals surface area (Å²) in [5, 5.41) is 0. The molecule has 1 atom stereocenters. The van der Waals surface area contributed by atoms with Crippen molar-refractivity contribution in [2.75, 3.05) is 0 Å². The molecule has 3 rings (SSSR count). The Hall–Kier alpha value is -1.37. The van der Waals surface area contributed by atoms with Gasteiger partial charge in [-0.05, 0) is 42.4 Å². The first kappa shape index (κ1) is 8.90. The molecule has 0 aliphatic heterocycles. The Labute approximate surface area is 89.8 Å². The minimum atomic E-state index is 0.196. The number of fused-ring (bicyclic) bond motifs is 2. The van der Waals surface area contributed by atoms with Crippen LogP contribution in [0.2, 0.25) is 0 Å². The van der Waals surface area contributed by atoms with Crippen LogP contribution in [0, 0.1) is 5.92 Å². The number of benzene rings is 1. The fourth-order valence-corrected chi connectivity index (χ4v) is 2.93. The van der Waals surface area contributed by atoms with Crippen molar-refractivity contribution in [3.63, 3.8) is 0 Å². The van der Waals surface area contributed by atoms with Gasteiger partial charge in [0.1, 0.15) is 6.29 Å². The van der Waals surface area contributed by atoms with Crippen molar-refractivity contribution in [3.05, 3.63) is 41.0 Å². The van der Waals surface area contributed by atoms with E-state index in [0.29, 0.717) is 0 Å². The van der Waals surface area contributed by atoms with Crippen molar-refractivity contribution in [2.24, 2.45) is 5.92 Å². The first-order chi connectivity index (χ1) is 7.40. The molecule has 2 aliphatic carbocycles. The molecule has 1 heteroatoms. The Morgan fingerprint density at radius 2 is 2.13 bits per heavy atom. The number of carbonyl (C=O) groups is 1. The predicted molar refractivity (Wildman–Crippen MR) is 60.5 cm³/mol. The molecule has 1 unspecified atom stereocenters. The van der Waals surface area contributed by atoms with E-state index in [1.165, 1.54) is 22.3 Å². The summed E-state index contributed by atoms with van der Waals surface area (Å²) in [5.74, 6) is 0.196.